The van der Waals surface area contributed by atoms with Gasteiger partial charge in [-0.25, -0.2) is 4.57 Å². The third kappa shape index (κ3) is 25.2. The molecule has 3 N–H and O–H groups in total. The van der Waals surface area contributed by atoms with E-state index in [1.807, 2.05) is 12.2 Å². The van der Waals surface area contributed by atoms with Crippen molar-refractivity contribution >= 4 is 25.5 Å². The first kappa shape index (κ1) is 48.5. The lowest BCUT2D eigenvalue weighted by molar-refractivity contribution is -0.161. The average Bonchev–Trinajstić information content (AvgIpc) is 3.39. The van der Waals surface area contributed by atoms with Crippen LogP contribution in [0.15, 0.2) is 28.7 Å². The van der Waals surface area contributed by atoms with Crippen LogP contribution in [0.25, 0.3) is 0 Å². The smallest absolute Gasteiger partial charge is 0.466 e. The molecule has 1 heterocycles. The maximum Gasteiger partial charge on any atom is 0.472 e. The Kier molecular flexibility index (Phi) is 28.1. The van der Waals surface area contributed by atoms with Crippen LogP contribution in [-0.2, 0) is 50.3 Å². The Morgan fingerprint density at radius 2 is 1.34 bits per heavy atom. The second kappa shape index (κ2) is 30.7. The molecule has 0 spiro atoms. The summed E-state index contributed by atoms with van der Waals surface area (Å²) in [7, 11) is -4.42. The fourth-order valence-electron chi connectivity index (χ4n) is 5.72. The summed E-state index contributed by atoms with van der Waals surface area (Å²) in [6.07, 6.45) is 24.6. The van der Waals surface area contributed by atoms with Crippen molar-refractivity contribution in [3.8, 4) is 0 Å². The summed E-state index contributed by atoms with van der Waals surface area (Å²) in [5.41, 5.74) is 7.89. The fraction of sp³-hybridized carbons (Fsp3) is 0.732. The minimum Gasteiger partial charge on any atom is -0.466 e. The van der Waals surface area contributed by atoms with E-state index in [1.54, 1.807) is 6.08 Å². The first-order valence-electron chi connectivity index (χ1n) is 20.1. The van der Waals surface area contributed by atoms with Crippen molar-refractivity contribution in [3.05, 3.63) is 47.0 Å². The van der Waals surface area contributed by atoms with Crippen molar-refractivity contribution in [3.63, 3.8) is 0 Å². The van der Waals surface area contributed by atoms with Crippen LogP contribution in [0.3, 0.4) is 0 Å². The number of hydrogen-bond acceptors (Lipinski definition) is 10. The molecule has 304 valence electrons. The Morgan fingerprint density at radius 3 is 1.98 bits per heavy atom. The predicted octanol–water partition coefficient (Wildman–Crippen LogP) is 9.66. The van der Waals surface area contributed by atoms with Crippen LogP contribution in [0.4, 0.5) is 0 Å². The first-order valence-corrected chi connectivity index (χ1v) is 21.6. The van der Waals surface area contributed by atoms with Gasteiger partial charge in [-0.2, -0.15) is 0 Å². The highest BCUT2D eigenvalue weighted by Crippen LogP contribution is 2.43. The summed E-state index contributed by atoms with van der Waals surface area (Å²) in [5.74, 6) is 1.38. The number of carbonyl (C=O) groups excluding carboxylic acids is 3. The molecule has 0 aliphatic rings. The van der Waals surface area contributed by atoms with Gasteiger partial charge in [0.25, 0.3) is 0 Å². The van der Waals surface area contributed by atoms with Gasteiger partial charge in [0.05, 0.1) is 13.2 Å². The zero-order chi connectivity index (χ0) is 39.2. The van der Waals surface area contributed by atoms with Crippen LogP contribution < -0.4 is 5.73 Å². The Bertz CT molecular complexity index is 1260. The molecule has 0 aliphatic carbocycles. The van der Waals surface area contributed by atoms with Crippen LogP contribution in [0.2, 0.25) is 0 Å². The van der Waals surface area contributed by atoms with E-state index in [0.29, 0.717) is 19.3 Å². The van der Waals surface area contributed by atoms with Gasteiger partial charge in [-0.05, 0) is 76.0 Å². The maximum absolute atomic E-state index is 12.6. The number of furan rings is 1. The zero-order valence-corrected chi connectivity index (χ0v) is 34.1. The maximum atomic E-state index is 12.6. The number of unbranched alkanes of at least 4 members (excludes halogenated alkanes) is 12. The van der Waals surface area contributed by atoms with Gasteiger partial charge < -0.3 is 24.5 Å². The molecule has 1 aromatic heterocycles. The quantitative estimate of drug-likeness (QED) is 0.0226. The molecule has 0 saturated carbocycles. The highest BCUT2D eigenvalue weighted by atomic mass is 31.2. The highest BCUT2D eigenvalue weighted by molar-refractivity contribution is 7.47. The van der Waals surface area contributed by atoms with E-state index in [4.69, 9.17) is 28.7 Å². The summed E-state index contributed by atoms with van der Waals surface area (Å²) >= 11 is 0. The van der Waals surface area contributed by atoms with E-state index in [9.17, 15) is 23.8 Å². The van der Waals surface area contributed by atoms with E-state index >= 15 is 0 Å². The van der Waals surface area contributed by atoms with Crippen molar-refractivity contribution in [1.29, 1.82) is 0 Å². The SMILES string of the molecule is CCCCC/C=C\C=C\C(=O)CCCCCCCC(=O)O[C@H](COC(=O)CCCCCCCCc1oc(CCC)c(C)c1C)COP(=O)(O)OCCN. The van der Waals surface area contributed by atoms with E-state index in [-0.39, 0.29) is 38.4 Å². The number of allylic oxidation sites excluding steroid dienone is 4. The number of hydrogen-bond donors (Lipinski definition) is 2. The number of ketones is 1. The average molecular weight is 768 g/mol. The number of nitrogens with two attached hydrogens (primary N) is 1. The lowest BCUT2D eigenvalue weighted by atomic mass is 10.0. The summed E-state index contributed by atoms with van der Waals surface area (Å²) in [5, 5.41) is 0. The monoisotopic (exact) mass is 767 g/mol. The first-order chi connectivity index (χ1) is 25.5. The van der Waals surface area contributed by atoms with E-state index in [2.05, 4.69) is 33.8 Å². The standard InChI is InChI=1S/C41H70NO10P/c1-5-7-8-9-10-14-19-25-36(43)26-20-15-13-18-23-29-41(45)51-37(33-50-53(46,47)49-31-30-42)32-48-40(44)28-22-17-12-11-16-21-27-39-35(4)34(3)38(52-39)24-6-2/h10,14,19,25,37H,5-9,11-13,15-18,20-24,26-33,42H2,1-4H3,(H,46,47)/b14-10-,25-19+/t37-/m1/s1. The van der Waals surface area contributed by atoms with E-state index in [0.717, 1.165) is 95.0 Å². The number of ether oxygens (including phenoxy) is 2. The molecule has 12 heteroatoms. The Labute approximate surface area is 319 Å². The van der Waals surface area contributed by atoms with Crippen LogP contribution in [-0.4, -0.2) is 55.1 Å². The molecule has 0 saturated heterocycles. The molecule has 2 atom stereocenters. The van der Waals surface area contributed by atoms with Crippen LogP contribution in [0.5, 0.6) is 0 Å². The van der Waals surface area contributed by atoms with Gasteiger partial charge in [-0.1, -0.05) is 89.9 Å². The molecule has 0 bridgehead atoms. The van der Waals surface area contributed by atoms with Crippen molar-refractivity contribution in [2.45, 2.75) is 169 Å². The molecule has 0 amide bonds. The normalized spacial score (nSPS) is 13.5. The largest absolute Gasteiger partial charge is 0.472 e. The Balaban J connectivity index is 2.33. The molecular formula is C41H70NO10P. The number of rotatable bonds is 34. The molecule has 0 aromatic carbocycles. The minimum absolute atomic E-state index is 0.0262. The van der Waals surface area contributed by atoms with Crippen molar-refractivity contribution in [2.24, 2.45) is 5.73 Å². The summed E-state index contributed by atoms with van der Waals surface area (Å²) in [6, 6.07) is 0. The van der Waals surface area contributed by atoms with E-state index < -0.39 is 32.5 Å². The van der Waals surface area contributed by atoms with Crippen LogP contribution >= 0.6 is 7.82 Å². The molecule has 1 aromatic rings. The topological polar surface area (TPSA) is 165 Å². The Morgan fingerprint density at radius 1 is 0.736 bits per heavy atom. The molecule has 0 radical (unpaired) electrons. The highest BCUT2D eigenvalue weighted by Gasteiger charge is 2.26. The van der Waals surface area contributed by atoms with Crippen LogP contribution in [0.1, 0.15) is 158 Å². The van der Waals surface area contributed by atoms with Gasteiger partial charge in [-0.15, -0.1) is 0 Å². The van der Waals surface area contributed by atoms with Gasteiger partial charge in [0, 0.05) is 38.6 Å². The second-order valence-corrected chi connectivity index (χ2v) is 15.2. The molecular weight excluding hydrogens is 697 g/mol. The lowest BCUT2D eigenvalue weighted by Crippen LogP contribution is -2.29. The predicted molar refractivity (Wildman–Crippen MR) is 210 cm³/mol. The van der Waals surface area contributed by atoms with E-state index in [1.165, 1.54) is 30.4 Å². The molecule has 1 unspecified atom stereocenters. The number of aryl methyl sites for hydroxylation is 2. The number of esters is 2. The molecule has 0 fully saturated rings. The third-order valence-electron chi connectivity index (χ3n) is 8.99. The number of phosphoric acid groups is 1. The van der Waals surface area contributed by atoms with Gasteiger partial charge >= 0.3 is 19.8 Å². The summed E-state index contributed by atoms with van der Waals surface area (Å²) in [6.45, 7) is 7.67. The summed E-state index contributed by atoms with van der Waals surface area (Å²) in [4.78, 5) is 46.9. The lowest BCUT2D eigenvalue weighted by Gasteiger charge is -2.19. The van der Waals surface area contributed by atoms with Gasteiger partial charge in [0.1, 0.15) is 18.1 Å². The molecule has 11 nitrogen and oxygen atoms in total. The zero-order valence-electron chi connectivity index (χ0n) is 33.2. The van der Waals surface area contributed by atoms with Gasteiger partial charge in [0.2, 0.25) is 0 Å². The number of phosphoric ester groups is 1. The molecule has 1 rings (SSSR count). The minimum atomic E-state index is -4.42. The second-order valence-electron chi connectivity index (χ2n) is 13.8. The van der Waals surface area contributed by atoms with Crippen molar-refractivity contribution < 1.29 is 46.8 Å². The molecule has 53 heavy (non-hydrogen) atoms. The molecule has 0 aliphatic heterocycles. The summed E-state index contributed by atoms with van der Waals surface area (Å²) < 4.78 is 38.8. The Hall–Kier alpha value is -2.56. The van der Waals surface area contributed by atoms with Gasteiger partial charge in [0.15, 0.2) is 11.9 Å². The van der Waals surface area contributed by atoms with Crippen molar-refractivity contribution in [2.75, 3.05) is 26.4 Å². The third-order valence-corrected chi connectivity index (χ3v) is 9.97. The van der Waals surface area contributed by atoms with Crippen molar-refractivity contribution in [1.82, 2.24) is 0 Å². The number of carbonyl (C=O) groups is 3. The van der Waals surface area contributed by atoms with Crippen LogP contribution in [0, 0.1) is 13.8 Å². The van der Waals surface area contributed by atoms with Gasteiger partial charge in [-0.3, -0.25) is 23.4 Å². The fourth-order valence-corrected chi connectivity index (χ4v) is 6.49.